The lowest BCUT2D eigenvalue weighted by Gasteiger charge is -2.56. The van der Waals surface area contributed by atoms with Crippen molar-refractivity contribution in [2.45, 2.75) is 84.2 Å². The van der Waals surface area contributed by atoms with Crippen LogP contribution in [0.1, 0.15) is 78.6 Å². The molecule has 0 spiro atoms. The maximum Gasteiger partial charge on any atom is 0.133 e. The van der Waals surface area contributed by atoms with Gasteiger partial charge in [-0.25, -0.2) is 0 Å². The highest BCUT2D eigenvalue weighted by Gasteiger charge is 2.58. The molecule has 4 rings (SSSR count). The third-order valence-electron chi connectivity index (χ3n) is 8.73. The van der Waals surface area contributed by atoms with Crippen LogP contribution in [0.25, 0.3) is 0 Å². The first-order chi connectivity index (χ1) is 10.8. The summed E-state index contributed by atoms with van der Waals surface area (Å²) >= 11 is 0. The molecule has 2 nitrogen and oxygen atoms in total. The lowest BCUT2D eigenvalue weighted by atomic mass is 9.49. The molecule has 0 amide bonds. The Morgan fingerprint density at radius 1 is 0.913 bits per heavy atom. The Balaban J connectivity index is 1.56. The molecule has 1 N–H and O–H groups in total. The normalized spacial score (nSPS) is 55.7. The van der Waals surface area contributed by atoms with Crippen molar-refractivity contribution < 1.29 is 9.90 Å². The zero-order valence-corrected chi connectivity index (χ0v) is 15.2. The molecule has 23 heavy (non-hydrogen) atoms. The number of carbonyl (C=O) groups excluding carboxylic acids is 1. The Hall–Kier alpha value is -0.370. The van der Waals surface area contributed by atoms with E-state index in [1.54, 1.807) is 0 Å². The first kappa shape index (κ1) is 16.1. The van der Waals surface area contributed by atoms with Gasteiger partial charge in [-0.15, -0.1) is 0 Å². The first-order valence-corrected chi connectivity index (χ1v) is 10.0. The summed E-state index contributed by atoms with van der Waals surface area (Å²) in [4.78, 5) is 12.1. The summed E-state index contributed by atoms with van der Waals surface area (Å²) in [6.07, 6.45) is 11.0. The molecular formula is C21H34O2. The van der Waals surface area contributed by atoms with Crippen LogP contribution < -0.4 is 0 Å². The van der Waals surface area contributed by atoms with E-state index in [1.165, 1.54) is 38.5 Å². The second kappa shape index (κ2) is 5.31. The molecule has 4 saturated carbocycles. The minimum absolute atomic E-state index is 0.292. The maximum absolute atomic E-state index is 12.1. The molecule has 4 aliphatic rings. The van der Waals surface area contributed by atoms with Crippen LogP contribution >= 0.6 is 0 Å². The van der Waals surface area contributed by atoms with Crippen molar-refractivity contribution in [2.24, 2.45) is 40.9 Å². The van der Waals surface area contributed by atoms with E-state index in [0.717, 1.165) is 48.9 Å². The van der Waals surface area contributed by atoms with E-state index < -0.39 is 5.60 Å². The number of fused-ring (bicyclic) bond motifs is 5. The highest BCUT2D eigenvalue weighted by Crippen LogP contribution is 2.64. The summed E-state index contributed by atoms with van der Waals surface area (Å²) in [5, 5.41) is 10.5. The standard InChI is InChI=1S/C21H34O2/c1-13(22)18-6-7-19-17-5-4-14-12-20(2,23)10-8-15(14)16(17)9-11-21(18,19)3/h14-19,23H,4-12H2,1-3H3/t14-,15-,16+,17+,18?,19-,20+,21+/m0/s1. The van der Waals surface area contributed by atoms with Crippen LogP contribution in [0.4, 0.5) is 0 Å². The zero-order valence-electron chi connectivity index (χ0n) is 15.2. The van der Waals surface area contributed by atoms with E-state index in [4.69, 9.17) is 0 Å². The molecule has 2 heteroatoms. The molecule has 0 aliphatic heterocycles. The highest BCUT2D eigenvalue weighted by atomic mass is 16.3. The second-order valence-corrected chi connectivity index (χ2v) is 9.96. The quantitative estimate of drug-likeness (QED) is 0.767. The number of hydrogen-bond acceptors (Lipinski definition) is 2. The predicted molar refractivity (Wildman–Crippen MR) is 91.9 cm³/mol. The van der Waals surface area contributed by atoms with Gasteiger partial charge in [-0.05, 0) is 107 Å². The minimum Gasteiger partial charge on any atom is -0.390 e. The molecule has 4 fully saturated rings. The van der Waals surface area contributed by atoms with Gasteiger partial charge in [-0.2, -0.15) is 0 Å². The molecule has 1 unspecified atom stereocenters. The van der Waals surface area contributed by atoms with E-state index in [9.17, 15) is 9.90 Å². The molecule has 0 radical (unpaired) electrons. The Morgan fingerprint density at radius 2 is 1.65 bits per heavy atom. The summed E-state index contributed by atoms with van der Waals surface area (Å²) in [5.41, 5.74) is -0.121. The van der Waals surface area contributed by atoms with Crippen LogP contribution in [-0.2, 0) is 4.79 Å². The Kier molecular flexibility index (Phi) is 3.72. The van der Waals surface area contributed by atoms with Crippen molar-refractivity contribution in [3.63, 3.8) is 0 Å². The minimum atomic E-state index is -0.412. The fraction of sp³-hybridized carbons (Fsp3) is 0.952. The van der Waals surface area contributed by atoms with E-state index in [2.05, 4.69) is 6.92 Å². The van der Waals surface area contributed by atoms with Crippen molar-refractivity contribution >= 4 is 5.78 Å². The third kappa shape index (κ3) is 2.42. The summed E-state index contributed by atoms with van der Waals surface area (Å²) < 4.78 is 0. The van der Waals surface area contributed by atoms with Gasteiger partial charge < -0.3 is 5.11 Å². The smallest absolute Gasteiger partial charge is 0.133 e. The third-order valence-corrected chi connectivity index (χ3v) is 8.73. The molecule has 0 aromatic heterocycles. The maximum atomic E-state index is 12.1. The molecule has 8 atom stereocenters. The van der Waals surface area contributed by atoms with Crippen LogP contribution in [-0.4, -0.2) is 16.5 Å². The Labute approximate surface area is 141 Å². The number of ketones is 1. The van der Waals surface area contributed by atoms with Crippen molar-refractivity contribution in [1.82, 2.24) is 0 Å². The van der Waals surface area contributed by atoms with Gasteiger partial charge in [-0.3, -0.25) is 4.79 Å². The Morgan fingerprint density at radius 3 is 2.39 bits per heavy atom. The molecule has 0 saturated heterocycles. The Bertz CT molecular complexity index is 496. The lowest BCUT2D eigenvalue weighted by Crippen LogP contribution is -2.50. The van der Waals surface area contributed by atoms with Crippen molar-refractivity contribution in [2.75, 3.05) is 0 Å². The summed E-state index contributed by atoms with van der Waals surface area (Å²) in [6.45, 7) is 6.30. The molecule has 0 aromatic rings. The van der Waals surface area contributed by atoms with E-state index >= 15 is 0 Å². The topological polar surface area (TPSA) is 37.3 Å². The van der Waals surface area contributed by atoms with Gasteiger partial charge >= 0.3 is 0 Å². The highest BCUT2D eigenvalue weighted by molar-refractivity contribution is 5.79. The van der Waals surface area contributed by atoms with E-state index in [1.807, 2.05) is 13.8 Å². The van der Waals surface area contributed by atoms with Crippen molar-refractivity contribution in [1.29, 1.82) is 0 Å². The fourth-order valence-corrected chi connectivity index (χ4v) is 7.75. The van der Waals surface area contributed by atoms with Gasteiger partial charge in [0.2, 0.25) is 0 Å². The van der Waals surface area contributed by atoms with Gasteiger partial charge in [0.05, 0.1) is 5.60 Å². The van der Waals surface area contributed by atoms with Crippen molar-refractivity contribution in [3.8, 4) is 0 Å². The SMILES string of the molecule is CC(=O)C1CC[C@H]2[C@@H]3CC[C@H]4C[C@](C)(O)CC[C@@H]4[C@H]3CC[C@]12C. The van der Waals surface area contributed by atoms with Crippen LogP contribution in [0.3, 0.4) is 0 Å². The first-order valence-electron chi connectivity index (χ1n) is 10.0. The molecular weight excluding hydrogens is 284 g/mol. The summed E-state index contributed by atoms with van der Waals surface area (Å²) in [5.74, 6) is 4.92. The number of Topliss-reactive ketones (excluding diaryl/α,β-unsaturated/α-hetero) is 1. The average molecular weight is 319 g/mol. The van der Waals surface area contributed by atoms with Crippen LogP contribution in [0, 0.1) is 40.9 Å². The molecule has 0 bridgehead atoms. The van der Waals surface area contributed by atoms with E-state index in [-0.39, 0.29) is 0 Å². The van der Waals surface area contributed by atoms with Gasteiger partial charge in [-0.1, -0.05) is 6.92 Å². The van der Waals surface area contributed by atoms with E-state index in [0.29, 0.717) is 17.1 Å². The summed E-state index contributed by atoms with van der Waals surface area (Å²) in [6, 6.07) is 0. The lowest BCUT2D eigenvalue weighted by molar-refractivity contribution is -0.130. The average Bonchev–Trinajstić information content (AvgIpc) is 2.83. The van der Waals surface area contributed by atoms with Crippen molar-refractivity contribution in [3.05, 3.63) is 0 Å². The van der Waals surface area contributed by atoms with Crippen LogP contribution in [0.15, 0.2) is 0 Å². The number of hydrogen-bond donors (Lipinski definition) is 1. The van der Waals surface area contributed by atoms with Gasteiger partial charge in [0, 0.05) is 5.92 Å². The second-order valence-electron chi connectivity index (χ2n) is 9.96. The number of aliphatic hydroxyl groups is 1. The number of carbonyl (C=O) groups is 1. The molecule has 0 aromatic carbocycles. The van der Waals surface area contributed by atoms with Gasteiger partial charge in [0.15, 0.2) is 0 Å². The molecule has 0 heterocycles. The largest absolute Gasteiger partial charge is 0.390 e. The number of rotatable bonds is 1. The van der Waals surface area contributed by atoms with Crippen LogP contribution in [0.2, 0.25) is 0 Å². The summed E-state index contributed by atoms with van der Waals surface area (Å²) in [7, 11) is 0. The van der Waals surface area contributed by atoms with Crippen LogP contribution in [0.5, 0.6) is 0 Å². The zero-order chi connectivity index (χ0) is 16.4. The van der Waals surface area contributed by atoms with Gasteiger partial charge in [0.25, 0.3) is 0 Å². The monoisotopic (exact) mass is 318 g/mol. The predicted octanol–water partition coefficient (Wildman–Crippen LogP) is 4.60. The fourth-order valence-electron chi connectivity index (χ4n) is 7.75. The van der Waals surface area contributed by atoms with Gasteiger partial charge in [0.1, 0.15) is 5.78 Å². The molecule has 130 valence electrons. The molecule has 4 aliphatic carbocycles.